The third-order valence-corrected chi connectivity index (χ3v) is 3.71. The van der Waals surface area contributed by atoms with Gasteiger partial charge in [-0.25, -0.2) is 4.98 Å². The standard InChI is InChI=1S/C19H20N4O4/c1-3-26-19-15(5-4-12-20-19)21-16(24)10-11-17-22-18(23-27-17)13-6-8-14(25-2)9-7-13/h4-9,12H,3,10-11H2,1-2H3,(H,21,24). The molecule has 0 atom stereocenters. The van der Waals surface area contributed by atoms with E-state index >= 15 is 0 Å². The second kappa shape index (κ2) is 8.79. The number of amides is 1. The number of benzene rings is 1. The maximum absolute atomic E-state index is 12.2. The summed E-state index contributed by atoms with van der Waals surface area (Å²) in [6.07, 6.45) is 2.14. The fraction of sp³-hybridized carbons (Fsp3) is 0.263. The van der Waals surface area contributed by atoms with E-state index in [-0.39, 0.29) is 12.3 Å². The number of nitrogens with one attached hydrogen (secondary N) is 1. The van der Waals surface area contributed by atoms with E-state index in [0.29, 0.717) is 36.3 Å². The average molecular weight is 368 g/mol. The first-order chi connectivity index (χ1) is 13.2. The molecule has 0 bridgehead atoms. The van der Waals surface area contributed by atoms with Crippen LogP contribution in [0.25, 0.3) is 11.4 Å². The van der Waals surface area contributed by atoms with Gasteiger partial charge in [-0.3, -0.25) is 4.79 Å². The van der Waals surface area contributed by atoms with E-state index < -0.39 is 0 Å². The van der Waals surface area contributed by atoms with Crippen LogP contribution >= 0.6 is 0 Å². The monoisotopic (exact) mass is 368 g/mol. The van der Waals surface area contributed by atoms with Gasteiger partial charge in [-0.15, -0.1) is 0 Å². The molecule has 0 fully saturated rings. The Bertz CT molecular complexity index is 893. The number of aromatic nitrogens is 3. The highest BCUT2D eigenvalue weighted by molar-refractivity contribution is 5.91. The Morgan fingerprint density at radius 3 is 2.78 bits per heavy atom. The minimum absolute atomic E-state index is 0.187. The summed E-state index contributed by atoms with van der Waals surface area (Å²) < 4.78 is 15.7. The first kappa shape index (κ1) is 18.4. The molecule has 0 saturated carbocycles. The van der Waals surface area contributed by atoms with Crippen LogP contribution < -0.4 is 14.8 Å². The fourth-order valence-corrected chi connectivity index (χ4v) is 2.38. The van der Waals surface area contributed by atoms with E-state index in [2.05, 4.69) is 20.4 Å². The van der Waals surface area contributed by atoms with Crippen LogP contribution in [-0.4, -0.2) is 34.7 Å². The Morgan fingerprint density at radius 2 is 2.04 bits per heavy atom. The maximum atomic E-state index is 12.2. The average Bonchev–Trinajstić information content (AvgIpc) is 3.17. The zero-order chi connectivity index (χ0) is 19.1. The van der Waals surface area contributed by atoms with Gasteiger partial charge in [-0.05, 0) is 43.3 Å². The zero-order valence-corrected chi connectivity index (χ0v) is 15.1. The van der Waals surface area contributed by atoms with Crippen LogP contribution in [0.3, 0.4) is 0 Å². The molecule has 1 aromatic carbocycles. The van der Waals surface area contributed by atoms with Crippen LogP contribution in [0.4, 0.5) is 5.69 Å². The summed E-state index contributed by atoms with van der Waals surface area (Å²) in [6, 6.07) is 10.8. The molecular weight excluding hydrogens is 348 g/mol. The van der Waals surface area contributed by atoms with Crippen molar-refractivity contribution in [1.82, 2.24) is 15.1 Å². The second-order valence-electron chi connectivity index (χ2n) is 5.58. The fourth-order valence-electron chi connectivity index (χ4n) is 2.38. The number of pyridine rings is 1. The predicted molar refractivity (Wildman–Crippen MR) is 98.6 cm³/mol. The van der Waals surface area contributed by atoms with Crippen molar-refractivity contribution in [3.05, 3.63) is 48.5 Å². The normalized spacial score (nSPS) is 10.4. The van der Waals surface area contributed by atoms with E-state index in [1.54, 1.807) is 25.4 Å². The Balaban J connectivity index is 1.57. The van der Waals surface area contributed by atoms with Gasteiger partial charge in [-0.2, -0.15) is 4.98 Å². The van der Waals surface area contributed by atoms with Gasteiger partial charge >= 0.3 is 0 Å². The van der Waals surface area contributed by atoms with Gasteiger partial charge in [0.05, 0.1) is 13.7 Å². The van der Waals surface area contributed by atoms with E-state index in [9.17, 15) is 4.79 Å². The van der Waals surface area contributed by atoms with Crippen molar-refractivity contribution in [2.75, 3.05) is 19.0 Å². The summed E-state index contributed by atoms with van der Waals surface area (Å²) in [5, 5.41) is 6.74. The van der Waals surface area contributed by atoms with Crippen molar-refractivity contribution in [2.45, 2.75) is 19.8 Å². The first-order valence-corrected chi connectivity index (χ1v) is 8.54. The van der Waals surface area contributed by atoms with Crippen molar-refractivity contribution >= 4 is 11.6 Å². The Hall–Kier alpha value is -3.42. The van der Waals surface area contributed by atoms with Crippen LogP contribution in [0, 0.1) is 0 Å². The highest BCUT2D eigenvalue weighted by atomic mass is 16.5. The Kier molecular flexibility index (Phi) is 5.98. The van der Waals surface area contributed by atoms with E-state index in [4.69, 9.17) is 14.0 Å². The van der Waals surface area contributed by atoms with Gasteiger partial charge < -0.3 is 19.3 Å². The van der Waals surface area contributed by atoms with E-state index in [1.165, 1.54) is 0 Å². The van der Waals surface area contributed by atoms with Gasteiger partial charge in [0.1, 0.15) is 11.4 Å². The molecule has 3 aromatic rings. The number of aryl methyl sites for hydroxylation is 1. The van der Waals surface area contributed by atoms with Gasteiger partial charge in [-0.1, -0.05) is 5.16 Å². The van der Waals surface area contributed by atoms with Crippen molar-refractivity contribution in [1.29, 1.82) is 0 Å². The first-order valence-electron chi connectivity index (χ1n) is 8.54. The second-order valence-corrected chi connectivity index (χ2v) is 5.58. The molecule has 1 amide bonds. The highest BCUT2D eigenvalue weighted by Gasteiger charge is 2.13. The SMILES string of the molecule is CCOc1ncccc1NC(=O)CCc1nc(-c2ccc(OC)cc2)no1. The third-order valence-electron chi connectivity index (χ3n) is 3.71. The topological polar surface area (TPSA) is 99.4 Å². The van der Waals surface area contributed by atoms with Crippen molar-refractivity contribution in [3.8, 4) is 23.0 Å². The zero-order valence-electron chi connectivity index (χ0n) is 15.1. The molecule has 0 unspecified atom stereocenters. The van der Waals surface area contributed by atoms with Crippen molar-refractivity contribution in [3.63, 3.8) is 0 Å². The van der Waals surface area contributed by atoms with Crippen molar-refractivity contribution < 1.29 is 18.8 Å². The molecule has 2 heterocycles. The summed E-state index contributed by atoms with van der Waals surface area (Å²) in [7, 11) is 1.61. The lowest BCUT2D eigenvalue weighted by molar-refractivity contribution is -0.116. The lowest BCUT2D eigenvalue weighted by atomic mass is 10.2. The summed E-state index contributed by atoms with van der Waals surface area (Å²) in [5.41, 5.74) is 1.35. The van der Waals surface area contributed by atoms with Crippen molar-refractivity contribution in [2.24, 2.45) is 0 Å². The minimum Gasteiger partial charge on any atom is -0.497 e. The Morgan fingerprint density at radius 1 is 1.22 bits per heavy atom. The van der Waals surface area contributed by atoms with Crippen LogP contribution in [0.5, 0.6) is 11.6 Å². The molecule has 3 rings (SSSR count). The number of hydrogen-bond donors (Lipinski definition) is 1. The molecule has 0 aliphatic heterocycles. The summed E-state index contributed by atoms with van der Waals surface area (Å²) >= 11 is 0. The molecule has 0 aliphatic rings. The number of hydrogen-bond acceptors (Lipinski definition) is 7. The maximum Gasteiger partial charge on any atom is 0.237 e. The predicted octanol–water partition coefficient (Wildman–Crippen LogP) is 3.11. The largest absolute Gasteiger partial charge is 0.497 e. The van der Waals surface area contributed by atoms with E-state index in [1.807, 2.05) is 31.2 Å². The molecule has 0 spiro atoms. The quantitative estimate of drug-likeness (QED) is 0.652. The lowest BCUT2D eigenvalue weighted by Crippen LogP contribution is -2.14. The summed E-state index contributed by atoms with van der Waals surface area (Å²) in [6.45, 7) is 2.33. The summed E-state index contributed by atoms with van der Waals surface area (Å²) in [5.74, 6) is 1.83. The molecular formula is C19H20N4O4. The number of methoxy groups -OCH3 is 1. The number of carbonyl (C=O) groups is 1. The van der Waals surface area contributed by atoms with Crippen LogP contribution in [0.15, 0.2) is 47.1 Å². The van der Waals surface area contributed by atoms with Gasteiger partial charge in [0, 0.05) is 24.6 Å². The van der Waals surface area contributed by atoms with Gasteiger partial charge in [0.2, 0.25) is 23.5 Å². The van der Waals surface area contributed by atoms with Crippen LogP contribution in [0.1, 0.15) is 19.2 Å². The number of rotatable bonds is 8. The molecule has 0 saturated heterocycles. The Labute approximate surface area is 156 Å². The molecule has 140 valence electrons. The lowest BCUT2D eigenvalue weighted by Gasteiger charge is -2.09. The van der Waals surface area contributed by atoms with Gasteiger partial charge in [0.15, 0.2) is 0 Å². The molecule has 27 heavy (non-hydrogen) atoms. The molecule has 2 aromatic heterocycles. The molecule has 8 nitrogen and oxygen atoms in total. The molecule has 1 N–H and O–H groups in total. The van der Waals surface area contributed by atoms with Gasteiger partial charge in [0.25, 0.3) is 0 Å². The van der Waals surface area contributed by atoms with Crippen LogP contribution in [0.2, 0.25) is 0 Å². The third kappa shape index (κ3) is 4.81. The minimum atomic E-state index is -0.187. The number of nitrogens with zero attached hydrogens (tertiary/aromatic N) is 3. The molecule has 0 radical (unpaired) electrons. The number of ether oxygens (including phenoxy) is 2. The highest BCUT2D eigenvalue weighted by Crippen LogP contribution is 2.22. The smallest absolute Gasteiger partial charge is 0.237 e. The number of anilines is 1. The molecule has 0 aliphatic carbocycles. The van der Waals surface area contributed by atoms with E-state index in [0.717, 1.165) is 11.3 Å². The van der Waals surface area contributed by atoms with Crippen LogP contribution in [-0.2, 0) is 11.2 Å². The number of carbonyl (C=O) groups excluding carboxylic acids is 1. The molecule has 8 heteroatoms. The summed E-state index contributed by atoms with van der Waals surface area (Å²) in [4.78, 5) is 20.6.